The van der Waals surface area contributed by atoms with E-state index >= 15 is 0 Å². The first kappa shape index (κ1) is 13.4. The van der Waals surface area contributed by atoms with Gasteiger partial charge in [-0.2, -0.15) is 0 Å². The van der Waals surface area contributed by atoms with E-state index < -0.39 is 0 Å². The average molecular weight is 238 g/mol. The van der Waals surface area contributed by atoms with E-state index in [2.05, 4.69) is 16.7 Å². The molecule has 0 aromatic rings. The molecule has 17 heavy (non-hydrogen) atoms. The van der Waals surface area contributed by atoms with Crippen LogP contribution in [0.5, 0.6) is 0 Å². The van der Waals surface area contributed by atoms with E-state index in [1.165, 1.54) is 84.2 Å². The molecule has 2 aliphatic rings. The van der Waals surface area contributed by atoms with Crippen LogP contribution in [0.4, 0.5) is 0 Å². The number of hydrogen-bond donors (Lipinski definition) is 0. The maximum absolute atomic E-state index is 2.68. The van der Waals surface area contributed by atoms with E-state index in [4.69, 9.17) is 0 Å². The number of piperidine rings is 1. The van der Waals surface area contributed by atoms with Gasteiger partial charge >= 0.3 is 0 Å². The van der Waals surface area contributed by atoms with E-state index in [0.29, 0.717) is 0 Å². The van der Waals surface area contributed by atoms with Gasteiger partial charge in [-0.05, 0) is 77.2 Å². The van der Waals surface area contributed by atoms with E-state index in [1.54, 1.807) is 0 Å². The maximum atomic E-state index is 2.68. The lowest BCUT2D eigenvalue weighted by molar-refractivity contribution is 0.219. The van der Waals surface area contributed by atoms with Crippen molar-refractivity contribution in [1.29, 1.82) is 0 Å². The van der Waals surface area contributed by atoms with Gasteiger partial charge in [-0.1, -0.05) is 13.3 Å². The Kier molecular flexibility index (Phi) is 5.79. The van der Waals surface area contributed by atoms with Crippen LogP contribution in [0.25, 0.3) is 0 Å². The van der Waals surface area contributed by atoms with Gasteiger partial charge in [0.25, 0.3) is 0 Å². The minimum atomic E-state index is 1.01. The van der Waals surface area contributed by atoms with Crippen LogP contribution in [0.3, 0.4) is 0 Å². The van der Waals surface area contributed by atoms with Gasteiger partial charge < -0.3 is 9.80 Å². The zero-order valence-corrected chi connectivity index (χ0v) is 11.7. The molecule has 2 fully saturated rings. The third-order valence-corrected chi connectivity index (χ3v) is 4.45. The molecule has 0 bridgehead atoms. The van der Waals surface area contributed by atoms with Gasteiger partial charge in [0.2, 0.25) is 0 Å². The highest BCUT2D eigenvalue weighted by Crippen LogP contribution is 2.21. The fourth-order valence-electron chi connectivity index (χ4n) is 3.45. The van der Waals surface area contributed by atoms with Crippen LogP contribution in [0, 0.1) is 5.92 Å². The summed E-state index contributed by atoms with van der Waals surface area (Å²) in [5, 5.41) is 0. The molecule has 0 aliphatic carbocycles. The molecule has 100 valence electrons. The molecule has 0 amide bonds. The Balaban J connectivity index is 1.53. The molecule has 0 spiro atoms. The monoisotopic (exact) mass is 238 g/mol. The highest BCUT2D eigenvalue weighted by atomic mass is 15.1. The van der Waals surface area contributed by atoms with Crippen LogP contribution >= 0.6 is 0 Å². The van der Waals surface area contributed by atoms with Crippen LogP contribution in [0.1, 0.15) is 51.9 Å². The average Bonchev–Trinajstić information content (AvgIpc) is 2.79. The van der Waals surface area contributed by atoms with E-state index in [0.717, 1.165) is 5.92 Å². The Morgan fingerprint density at radius 2 is 1.76 bits per heavy atom. The van der Waals surface area contributed by atoms with Crippen molar-refractivity contribution in [2.75, 3.05) is 39.3 Å². The first-order chi connectivity index (χ1) is 8.38. The fraction of sp³-hybridized carbons (Fsp3) is 1.00. The quantitative estimate of drug-likeness (QED) is 0.702. The van der Waals surface area contributed by atoms with Gasteiger partial charge in [0.15, 0.2) is 0 Å². The predicted molar refractivity (Wildman–Crippen MR) is 74.4 cm³/mol. The molecule has 0 aromatic carbocycles. The van der Waals surface area contributed by atoms with Gasteiger partial charge in [-0.25, -0.2) is 0 Å². The van der Waals surface area contributed by atoms with Crippen LogP contribution < -0.4 is 0 Å². The molecule has 0 saturated carbocycles. The number of likely N-dealkylation sites (tertiary alicyclic amines) is 2. The van der Waals surface area contributed by atoms with E-state index in [9.17, 15) is 0 Å². The number of hydrogen-bond acceptors (Lipinski definition) is 2. The summed E-state index contributed by atoms with van der Waals surface area (Å²) in [6.45, 7) is 10.5. The Morgan fingerprint density at radius 3 is 2.53 bits per heavy atom. The van der Waals surface area contributed by atoms with Crippen molar-refractivity contribution in [2.24, 2.45) is 5.92 Å². The molecule has 0 radical (unpaired) electrons. The fourth-order valence-corrected chi connectivity index (χ4v) is 3.45. The molecule has 2 aliphatic heterocycles. The molecule has 2 heterocycles. The normalized spacial score (nSPS) is 27.7. The molecule has 0 N–H and O–H groups in total. The van der Waals surface area contributed by atoms with Crippen molar-refractivity contribution in [3.05, 3.63) is 0 Å². The van der Waals surface area contributed by atoms with Gasteiger partial charge in [0.05, 0.1) is 0 Å². The number of rotatable bonds is 6. The van der Waals surface area contributed by atoms with Gasteiger partial charge in [-0.15, -0.1) is 0 Å². The lowest BCUT2D eigenvalue weighted by atomic mass is 10.0. The Labute approximate surface area is 107 Å². The molecular weight excluding hydrogens is 208 g/mol. The van der Waals surface area contributed by atoms with Crippen molar-refractivity contribution < 1.29 is 0 Å². The van der Waals surface area contributed by atoms with Crippen molar-refractivity contribution >= 4 is 0 Å². The molecule has 2 saturated heterocycles. The summed E-state index contributed by atoms with van der Waals surface area (Å²) in [4.78, 5) is 5.34. The first-order valence-corrected chi connectivity index (χ1v) is 7.83. The molecule has 1 unspecified atom stereocenters. The minimum absolute atomic E-state index is 1.01. The third kappa shape index (κ3) is 4.59. The third-order valence-electron chi connectivity index (χ3n) is 4.45. The molecule has 0 aromatic heterocycles. The van der Waals surface area contributed by atoms with Crippen LogP contribution in [0.15, 0.2) is 0 Å². The Hall–Kier alpha value is -0.0800. The zero-order chi connectivity index (χ0) is 11.9. The minimum Gasteiger partial charge on any atom is -0.303 e. The lowest BCUT2D eigenvalue weighted by Crippen LogP contribution is -2.30. The topological polar surface area (TPSA) is 6.48 Å². The zero-order valence-electron chi connectivity index (χ0n) is 11.7. The standard InChI is InChI=1S/C15H30N2/c1-2-9-17-13-8-15(14-17)7-6-12-16-10-4-3-5-11-16/h15H,2-14H2,1H3. The molecule has 2 nitrogen and oxygen atoms in total. The van der Waals surface area contributed by atoms with Crippen molar-refractivity contribution in [2.45, 2.75) is 51.9 Å². The largest absolute Gasteiger partial charge is 0.303 e. The molecule has 2 rings (SSSR count). The van der Waals surface area contributed by atoms with Crippen molar-refractivity contribution in [3.63, 3.8) is 0 Å². The second kappa shape index (κ2) is 7.38. The maximum Gasteiger partial charge on any atom is 0.00101 e. The number of nitrogens with zero attached hydrogens (tertiary/aromatic N) is 2. The SMILES string of the molecule is CCCN1CCC(CCCN2CCCCC2)C1. The Morgan fingerprint density at radius 1 is 0.941 bits per heavy atom. The summed E-state index contributed by atoms with van der Waals surface area (Å²) < 4.78 is 0. The Bertz CT molecular complexity index is 199. The summed E-state index contributed by atoms with van der Waals surface area (Å²) in [6.07, 6.45) is 10.0. The van der Waals surface area contributed by atoms with Gasteiger partial charge in [0.1, 0.15) is 0 Å². The van der Waals surface area contributed by atoms with Crippen LogP contribution in [-0.2, 0) is 0 Å². The van der Waals surface area contributed by atoms with Crippen LogP contribution in [0.2, 0.25) is 0 Å². The highest BCUT2D eigenvalue weighted by Gasteiger charge is 2.21. The van der Waals surface area contributed by atoms with E-state index in [-0.39, 0.29) is 0 Å². The summed E-state index contributed by atoms with van der Waals surface area (Å²) >= 11 is 0. The predicted octanol–water partition coefficient (Wildman–Crippen LogP) is 2.98. The smallest absolute Gasteiger partial charge is 0.00101 e. The molecule has 2 heteroatoms. The van der Waals surface area contributed by atoms with Crippen LogP contribution in [-0.4, -0.2) is 49.1 Å². The summed E-state index contributed by atoms with van der Waals surface area (Å²) in [7, 11) is 0. The molecular formula is C15H30N2. The highest BCUT2D eigenvalue weighted by molar-refractivity contribution is 4.75. The second-order valence-corrected chi connectivity index (χ2v) is 6.00. The lowest BCUT2D eigenvalue weighted by Gasteiger charge is -2.26. The van der Waals surface area contributed by atoms with Crippen molar-refractivity contribution in [1.82, 2.24) is 9.80 Å². The first-order valence-electron chi connectivity index (χ1n) is 7.83. The summed E-state index contributed by atoms with van der Waals surface area (Å²) in [6, 6.07) is 0. The summed E-state index contributed by atoms with van der Waals surface area (Å²) in [5.41, 5.74) is 0. The van der Waals surface area contributed by atoms with Gasteiger partial charge in [-0.3, -0.25) is 0 Å². The second-order valence-electron chi connectivity index (χ2n) is 6.00. The summed E-state index contributed by atoms with van der Waals surface area (Å²) in [5.74, 6) is 1.01. The van der Waals surface area contributed by atoms with Crippen molar-refractivity contribution in [3.8, 4) is 0 Å². The van der Waals surface area contributed by atoms with Gasteiger partial charge in [0, 0.05) is 6.54 Å². The molecule has 1 atom stereocenters. The van der Waals surface area contributed by atoms with E-state index in [1.807, 2.05) is 0 Å².